The van der Waals surface area contributed by atoms with Crippen LogP contribution in [0.5, 0.6) is 34.5 Å². The van der Waals surface area contributed by atoms with Crippen LogP contribution in [0.4, 0.5) is 64.0 Å². The lowest BCUT2D eigenvalue weighted by atomic mass is 10.1. The maximum atomic E-state index is 12.5. The summed E-state index contributed by atoms with van der Waals surface area (Å²) in [7, 11) is 1.62. The molecule has 16 aromatic rings. The molecule has 0 spiro atoms. The van der Waals surface area contributed by atoms with E-state index in [1.165, 1.54) is 17.3 Å². The van der Waals surface area contributed by atoms with Crippen LogP contribution in [0.1, 0.15) is 38.8 Å². The SMILES string of the molecule is CC(C)Oc1cccc(Nc2ncn(-c3ccccc3)n2)c1.CCOc1ccc(Nc2ncn(-c3ccccc3)n2)cc1.CCOc1cccc(Nc2ncn(-c3ccccc3)n2)c1.COc1ccc(Nc2ncn(-c3cc(NC(=O)Cc4ccc(C)cc4Br)ncn3)n2)cc1.c1ccc(-n2cnc(Nc3ccc4c(c3)OCCO4)n2)cc1. The highest BCUT2D eigenvalue weighted by molar-refractivity contribution is 9.10. The van der Waals surface area contributed by atoms with Gasteiger partial charge in [0.15, 0.2) is 17.3 Å². The first-order chi connectivity index (χ1) is 57.8. The number of carbonyl (C=O) groups excluding carboxylic acids is 1. The summed E-state index contributed by atoms with van der Waals surface area (Å²) >= 11 is 3.50. The zero-order valence-electron chi connectivity index (χ0n) is 65.2. The summed E-state index contributed by atoms with van der Waals surface area (Å²) in [5, 5.41) is 40.6. The van der Waals surface area contributed by atoms with Crippen LogP contribution in [0.3, 0.4) is 0 Å². The number of halogens is 1. The third-order valence-corrected chi connectivity index (χ3v) is 17.4. The molecular weight excluding hydrogens is 1560 g/mol. The first-order valence-electron chi connectivity index (χ1n) is 37.6. The van der Waals surface area contributed by atoms with Gasteiger partial charge in [-0.3, -0.25) is 4.79 Å². The van der Waals surface area contributed by atoms with Gasteiger partial charge in [-0.15, -0.1) is 25.5 Å². The molecule has 0 fully saturated rings. The van der Waals surface area contributed by atoms with Crippen LogP contribution in [-0.4, -0.2) is 129 Å². The van der Waals surface area contributed by atoms with E-state index in [4.69, 9.17) is 28.4 Å². The maximum Gasteiger partial charge on any atom is 0.247 e. The molecule has 0 bridgehead atoms. The highest BCUT2D eigenvalue weighted by Crippen LogP contribution is 2.34. The first-order valence-corrected chi connectivity index (χ1v) is 38.4. The number of nitrogens with zero attached hydrogens (tertiary/aromatic N) is 17. The number of aromatic nitrogens is 17. The molecule has 10 aromatic carbocycles. The molecule has 596 valence electrons. The molecule has 0 aliphatic carbocycles. The quantitative estimate of drug-likeness (QED) is 0.0310. The van der Waals surface area contributed by atoms with E-state index in [-0.39, 0.29) is 18.4 Å². The van der Waals surface area contributed by atoms with E-state index in [1.807, 2.05) is 289 Å². The number of amides is 1. The van der Waals surface area contributed by atoms with Gasteiger partial charge < -0.3 is 60.3 Å². The second-order valence-electron chi connectivity index (χ2n) is 25.8. The highest BCUT2D eigenvalue weighted by atomic mass is 79.9. The molecule has 0 saturated carbocycles. The zero-order chi connectivity index (χ0) is 81.6. The Kier molecular flexibility index (Phi) is 28.0. The van der Waals surface area contributed by atoms with Gasteiger partial charge in [0.05, 0.1) is 55.6 Å². The lowest BCUT2D eigenvalue weighted by Crippen LogP contribution is -2.16. The highest BCUT2D eigenvalue weighted by Gasteiger charge is 2.16. The minimum Gasteiger partial charge on any atom is -0.497 e. The van der Waals surface area contributed by atoms with E-state index in [9.17, 15) is 4.79 Å². The summed E-state index contributed by atoms with van der Waals surface area (Å²) in [6.07, 6.45) is 10.00. The predicted octanol–water partition coefficient (Wildman–Crippen LogP) is 17.5. The topological polar surface area (TPSA) is 324 Å². The van der Waals surface area contributed by atoms with Gasteiger partial charge in [0.25, 0.3) is 0 Å². The summed E-state index contributed by atoms with van der Waals surface area (Å²) in [6.45, 7) is 12.4. The fraction of sp³-hybridized carbons (Fsp3) is 0.138. The van der Waals surface area contributed by atoms with Gasteiger partial charge in [0.1, 0.15) is 80.0 Å². The average Bonchev–Trinajstić information content (AvgIpc) is 1.63. The number of benzene rings is 10. The predicted molar refractivity (Wildman–Crippen MR) is 458 cm³/mol. The molecule has 0 saturated heterocycles. The molecule has 1 aliphatic rings. The Labute approximate surface area is 689 Å². The second kappa shape index (κ2) is 41.0. The van der Waals surface area contributed by atoms with Gasteiger partial charge in [0.2, 0.25) is 35.6 Å². The van der Waals surface area contributed by atoms with Gasteiger partial charge in [0, 0.05) is 57.2 Å². The van der Waals surface area contributed by atoms with Crippen LogP contribution >= 0.6 is 15.9 Å². The van der Waals surface area contributed by atoms with Crippen molar-refractivity contribution in [2.75, 3.05) is 65.4 Å². The zero-order valence-corrected chi connectivity index (χ0v) is 66.8. The number of hydrogen-bond donors (Lipinski definition) is 6. The summed E-state index contributed by atoms with van der Waals surface area (Å²) < 4.78 is 42.1. The van der Waals surface area contributed by atoms with Crippen LogP contribution in [0, 0.1) is 6.92 Å². The molecule has 6 aromatic heterocycles. The largest absolute Gasteiger partial charge is 0.497 e. The van der Waals surface area contributed by atoms with Crippen molar-refractivity contribution in [1.82, 2.24) is 83.8 Å². The molecule has 1 amide bonds. The summed E-state index contributed by atoms with van der Waals surface area (Å²) in [5.74, 6) is 8.02. The number of nitrogens with one attached hydrogen (secondary N) is 6. The molecule has 17 rings (SSSR count). The van der Waals surface area contributed by atoms with E-state index in [2.05, 4.69) is 108 Å². The van der Waals surface area contributed by atoms with Crippen molar-refractivity contribution < 1.29 is 33.2 Å². The van der Waals surface area contributed by atoms with Gasteiger partial charge in [-0.2, -0.15) is 24.9 Å². The standard InChI is InChI=1S/C22H20BrN7O2.C17H18N4O.C16H14N4O2.2C16H16N4O/c1-14-3-4-15(18(23)9-14)10-21(31)28-19-11-20(25-12-24-19)30-13-26-22(29-30)27-16-5-7-17(32-2)8-6-16;1-13(2)22-16-10-6-7-14(11-16)19-17-18-12-21(20-17)15-8-4-3-5-9-15;1-2-4-13(5-3-1)20-11-17-16(19-20)18-12-6-7-14-15(10-12)22-9-8-21-14;1-2-21-15-10-6-7-13(11-15)18-16-17-12-20(19-16)14-8-4-3-5-9-14;1-2-21-15-10-8-13(9-11-15)18-16-17-12-20(19-16)14-6-4-3-5-7-14/h3-9,11-13H,10H2,1-2H3,(H,27,29)(H,24,25,28,31);3-13H,1-2H3,(H,19,20);1-7,10-11H,8-9H2,(H,18,19);2*3-12H,2H2,1H3,(H,18,19). The molecule has 0 atom stereocenters. The van der Waals surface area contributed by atoms with Gasteiger partial charge in [-0.1, -0.05) is 113 Å². The Balaban J connectivity index is 0.000000129. The average molecular weight is 1640 g/mol. The lowest BCUT2D eigenvalue weighted by Gasteiger charge is -2.18. The van der Waals surface area contributed by atoms with E-state index in [1.54, 1.807) is 57.2 Å². The number of methoxy groups -OCH3 is 1. The normalized spacial score (nSPS) is 10.9. The van der Waals surface area contributed by atoms with Crippen LogP contribution < -0.4 is 60.3 Å². The molecule has 30 nitrogen and oxygen atoms in total. The summed E-state index contributed by atoms with van der Waals surface area (Å²) in [4.78, 5) is 42.1. The molecule has 1 aliphatic heterocycles. The third kappa shape index (κ3) is 23.9. The van der Waals surface area contributed by atoms with Gasteiger partial charge in [-0.25, -0.2) is 33.4 Å². The Hall–Kier alpha value is -15.3. The van der Waals surface area contributed by atoms with Crippen LogP contribution in [-0.2, 0) is 11.2 Å². The molecule has 31 heteroatoms. The number of para-hydroxylation sites is 4. The van der Waals surface area contributed by atoms with E-state index in [0.717, 1.165) is 101 Å². The van der Waals surface area contributed by atoms with Crippen molar-refractivity contribution >= 4 is 85.8 Å². The van der Waals surface area contributed by atoms with Crippen molar-refractivity contribution in [3.8, 4) is 63.1 Å². The Morgan fingerprint density at radius 1 is 0.415 bits per heavy atom. The van der Waals surface area contributed by atoms with Gasteiger partial charge >= 0.3 is 0 Å². The minimum atomic E-state index is -0.181. The number of hydrogen-bond acceptors (Lipinski definition) is 24. The molecule has 0 radical (unpaired) electrons. The van der Waals surface area contributed by atoms with Gasteiger partial charge in [-0.05, 0) is 185 Å². The van der Waals surface area contributed by atoms with Crippen LogP contribution in [0.2, 0.25) is 0 Å². The second-order valence-corrected chi connectivity index (χ2v) is 26.7. The molecule has 0 unspecified atom stereocenters. The van der Waals surface area contributed by atoms with E-state index >= 15 is 0 Å². The van der Waals surface area contributed by atoms with Crippen molar-refractivity contribution in [2.24, 2.45) is 0 Å². The Morgan fingerprint density at radius 2 is 0.831 bits per heavy atom. The number of fused-ring (bicyclic) bond motifs is 1. The van der Waals surface area contributed by atoms with E-state index in [0.29, 0.717) is 67.8 Å². The number of carbonyl (C=O) groups is 1. The van der Waals surface area contributed by atoms with Crippen LogP contribution in [0.25, 0.3) is 28.6 Å². The van der Waals surface area contributed by atoms with E-state index < -0.39 is 0 Å². The maximum absolute atomic E-state index is 12.5. The molecular formula is C87H84BrN23O7. The van der Waals surface area contributed by atoms with Crippen LogP contribution in [0.15, 0.2) is 303 Å². The van der Waals surface area contributed by atoms with Crippen molar-refractivity contribution in [3.05, 3.63) is 314 Å². The number of rotatable bonds is 25. The number of ether oxygens (including phenoxy) is 6. The monoisotopic (exact) mass is 1640 g/mol. The smallest absolute Gasteiger partial charge is 0.247 e. The first kappa shape index (κ1) is 80.8. The number of aryl methyl sites for hydroxylation is 1. The number of anilines is 11. The fourth-order valence-electron chi connectivity index (χ4n) is 11.2. The molecule has 7 heterocycles. The third-order valence-electron chi connectivity index (χ3n) is 16.7. The summed E-state index contributed by atoms with van der Waals surface area (Å²) in [5.41, 5.74) is 10.3. The molecule has 6 N–H and O–H groups in total. The fourth-order valence-corrected chi connectivity index (χ4v) is 11.9. The Bertz CT molecular complexity index is 5800. The van der Waals surface area contributed by atoms with Crippen molar-refractivity contribution in [3.63, 3.8) is 0 Å². The summed E-state index contributed by atoms with van der Waals surface area (Å²) in [6, 6.07) is 83.3. The van der Waals surface area contributed by atoms with Crippen molar-refractivity contribution in [2.45, 2.75) is 47.1 Å². The Morgan fingerprint density at radius 3 is 1.30 bits per heavy atom. The lowest BCUT2D eigenvalue weighted by molar-refractivity contribution is -0.115. The molecule has 118 heavy (non-hydrogen) atoms. The minimum absolute atomic E-state index is 0.144. The van der Waals surface area contributed by atoms with Crippen molar-refractivity contribution in [1.29, 1.82) is 0 Å².